The van der Waals surface area contributed by atoms with Crippen molar-refractivity contribution in [3.8, 4) is 0 Å². The van der Waals surface area contributed by atoms with Crippen molar-refractivity contribution in [1.82, 2.24) is 9.88 Å². The summed E-state index contributed by atoms with van der Waals surface area (Å²) in [6.07, 6.45) is 2.60. The molecule has 0 aromatic carbocycles. The molecule has 0 saturated carbocycles. The highest BCUT2D eigenvalue weighted by atomic mass is 32.1. The summed E-state index contributed by atoms with van der Waals surface area (Å²) in [5, 5.41) is 5.77. The van der Waals surface area contributed by atoms with Crippen LogP contribution in [-0.2, 0) is 4.74 Å². The highest BCUT2D eigenvalue weighted by Gasteiger charge is 2.18. The van der Waals surface area contributed by atoms with Crippen LogP contribution in [0.15, 0.2) is 5.38 Å². The van der Waals surface area contributed by atoms with Crippen molar-refractivity contribution in [3.05, 3.63) is 11.1 Å². The maximum atomic E-state index is 11.3. The number of carbonyl (C=O) groups is 1. The zero-order valence-electron chi connectivity index (χ0n) is 10.8. The van der Waals surface area contributed by atoms with Crippen molar-refractivity contribution in [3.63, 3.8) is 0 Å². The topological polar surface area (TPSA) is 54.5 Å². The van der Waals surface area contributed by atoms with Crippen molar-refractivity contribution < 1.29 is 9.53 Å². The fourth-order valence-corrected chi connectivity index (χ4v) is 2.79. The lowest BCUT2D eigenvalue weighted by atomic mass is 10.3. The number of nitrogens with zero attached hydrogens (tertiary/aromatic N) is 2. The predicted molar refractivity (Wildman–Crippen MR) is 72.2 cm³/mol. The summed E-state index contributed by atoms with van der Waals surface area (Å²) in [6.45, 7) is 5.45. The van der Waals surface area contributed by atoms with E-state index in [1.807, 2.05) is 0 Å². The Kier molecular flexibility index (Phi) is 4.54. The van der Waals surface area contributed by atoms with E-state index in [0.29, 0.717) is 11.7 Å². The number of aromatic nitrogens is 1. The SMILES string of the molecule is COC(=O)c1csc(NCC(C)N2CCCC2)n1. The molecule has 0 radical (unpaired) electrons. The average molecular weight is 269 g/mol. The Hall–Kier alpha value is -1.14. The third-order valence-electron chi connectivity index (χ3n) is 3.21. The molecule has 0 spiro atoms. The largest absolute Gasteiger partial charge is 0.464 e. The molecule has 18 heavy (non-hydrogen) atoms. The van der Waals surface area contributed by atoms with Crippen LogP contribution in [0.2, 0.25) is 0 Å². The maximum absolute atomic E-state index is 11.3. The highest BCUT2D eigenvalue weighted by molar-refractivity contribution is 7.13. The Bertz CT molecular complexity index is 402. The lowest BCUT2D eigenvalue weighted by Gasteiger charge is -2.23. The summed E-state index contributed by atoms with van der Waals surface area (Å²) in [5.74, 6) is -0.383. The first-order valence-corrected chi connectivity index (χ1v) is 7.10. The zero-order valence-corrected chi connectivity index (χ0v) is 11.6. The van der Waals surface area contributed by atoms with Gasteiger partial charge < -0.3 is 10.1 Å². The summed E-state index contributed by atoms with van der Waals surface area (Å²) in [4.78, 5) is 17.9. The molecule has 1 aromatic heterocycles. The second-order valence-corrected chi connectivity index (χ2v) is 5.36. The van der Waals surface area contributed by atoms with Gasteiger partial charge in [-0.05, 0) is 32.9 Å². The number of thiazole rings is 1. The molecular weight excluding hydrogens is 250 g/mol. The van der Waals surface area contributed by atoms with Gasteiger partial charge in [-0.3, -0.25) is 4.90 Å². The summed E-state index contributed by atoms with van der Waals surface area (Å²) in [5.41, 5.74) is 0.374. The molecule has 1 unspecified atom stereocenters. The molecular formula is C12H19N3O2S. The summed E-state index contributed by atoms with van der Waals surface area (Å²) >= 11 is 1.44. The molecule has 1 atom stereocenters. The van der Waals surface area contributed by atoms with Crippen LogP contribution in [0.4, 0.5) is 5.13 Å². The minimum atomic E-state index is -0.383. The molecule has 2 heterocycles. The average Bonchev–Trinajstić information content (AvgIpc) is 3.05. The van der Waals surface area contributed by atoms with Crippen LogP contribution in [0.25, 0.3) is 0 Å². The third-order valence-corrected chi connectivity index (χ3v) is 4.01. The normalized spacial score (nSPS) is 17.7. The first-order valence-electron chi connectivity index (χ1n) is 6.22. The van der Waals surface area contributed by atoms with E-state index in [2.05, 4.69) is 26.9 Å². The van der Waals surface area contributed by atoms with E-state index in [-0.39, 0.29) is 5.97 Å². The Morgan fingerprint density at radius 2 is 2.33 bits per heavy atom. The summed E-state index contributed by atoms with van der Waals surface area (Å²) < 4.78 is 4.63. The van der Waals surface area contributed by atoms with Crippen molar-refractivity contribution >= 4 is 22.4 Å². The maximum Gasteiger partial charge on any atom is 0.357 e. The Morgan fingerprint density at radius 3 is 3.00 bits per heavy atom. The number of ether oxygens (including phenoxy) is 1. The molecule has 1 N–H and O–H groups in total. The number of anilines is 1. The molecule has 0 aliphatic carbocycles. The number of methoxy groups -OCH3 is 1. The van der Waals surface area contributed by atoms with E-state index in [1.54, 1.807) is 5.38 Å². The summed E-state index contributed by atoms with van der Waals surface area (Å²) in [6, 6.07) is 0.498. The number of hydrogen-bond acceptors (Lipinski definition) is 6. The molecule has 1 fully saturated rings. The van der Waals surface area contributed by atoms with Gasteiger partial charge in [0, 0.05) is 18.0 Å². The van der Waals surface area contributed by atoms with Crippen molar-refractivity contribution in [2.45, 2.75) is 25.8 Å². The number of hydrogen-bond donors (Lipinski definition) is 1. The number of likely N-dealkylation sites (tertiary alicyclic amines) is 1. The lowest BCUT2D eigenvalue weighted by Crippen LogP contribution is -2.35. The quantitative estimate of drug-likeness (QED) is 0.826. The van der Waals surface area contributed by atoms with Crippen molar-refractivity contribution in [2.24, 2.45) is 0 Å². The monoisotopic (exact) mass is 269 g/mol. The van der Waals surface area contributed by atoms with Gasteiger partial charge in [-0.2, -0.15) is 0 Å². The van der Waals surface area contributed by atoms with Gasteiger partial charge >= 0.3 is 5.97 Å². The zero-order chi connectivity index (χ0) is 13.0. The molecule has 100 valence electrons. The van der Waals surface area contributed by atoms with Gasteiger partial charge in [-0.15, -0.1) is 11.3 Å². The van der Waals surface area contributed by atoms with Crippen LogP contribution in [0, 0.1) is 0 Å². The fourth-order valence-electron chi connectivity index (χ4n) is 2.10. The molecule has 1 aliphatic rings. The first kappa shape index (κ1) is 13.3. The van der Waals surface area contributed by atoms with Crippen molar-refractivity contribution in [2.75, 3.05) is 32.1 Å². The molecule has 6 heteroatoms. The van der Waals surface area contributed by atoms with Crippen LogP contribution in [0.1, 0.15) is 30.3 Å². The Balaban J connectivity index is 1.82. The lowest BCUT2D eigenvalue weighted by molar-refractivity contribution is 0.0595. The molecule has 1 aromatic rings. The van der Waals surface area contributed by atoms with Gasteiger partial charge in [0.15, 0.2) is 10.8 Å². The third kappa shape index (κ3) is 3.20. The number of rotatable bonds is 5. The van der Waals surface area contributed by atoms with E-state index >= 15 is 0 Å². The van der Waals surface area contributed by atoms with Gasteiger partial charge in [0.1, 0.15) is 0 Å². The predicted octanol–water partition coefficient (Wildman–Crippen LogP) is 1.83. The fraction of sp³-hybridized carbons (Fsp3) is 0.667. The molecule has 0 bridgehead atoms. The van der Waals surface area contributed by atoms with E-state index in [9.17, 15) is 4.79 Å². The van der Waals surface area contributed by atoms with Gasteiger partial charge in [0.2, 0.25) is 0 Å². The van der Waals surface area contributed by atoms with Gasteiger partial charge in [-0.25, -0.2) is 9.78 Å². The van der Waals surface area contributed by atoms with E-state index in [1.165, 1.54) is 44.4 Å². The second-order valence-electron chi connectivity index (χ2n) is 4.50. The van der Waals surface area contributed by atoms with Gasteiger partial charge in [0.25, 0.3) is 0 Å². The molecule has 1 saturated heterocycles. The molecule has 5 nitrogen and oxygen atoms in total. The Morgan fingerprint density at radius 1 is 1.61 bits per heavy atom. The van der Waals surface area contributed by atoms with Crippen LogP contribution in [0.5, 0.6) is 0 Å². The van der Waals surface area contributed by atoms with E-state index < -0.39 is 0 Å². The van der Waals surface area contributed by atoms with Gasteiger partial charge in [-0.1, -0.05) is 0 Å². The summed E-state index contributed by atoms with van der Waals surface area (Å²) in [7, 11) is 1.37. The van der Waals surface area contributed by atoms with Crippen molar-refractivity contribution in [1.29, 1.82) is 0 Å². The Labute approximate surface area is 111 Å². The molecule has 1 aliphatic heterocycles. The van der Waals surface area contributed by atoms with Crippen LogP contribution in [-0.4, -0.2) is 48.6 Å². The van der Waals surface area contributed by atoms with E-state index in [0.717, 1.165) is 11.7 Å². The second kappa shape index (κ2) is 6.15. The number of esters is 1. The first-order chi connectivity index (χ1) is 8.70. The number of carbonyl (C=O) groups excluding carboxylic acids is 1. The van der Waals surface area contributed by atoms with Gasteiger partial charge in [0.05, 0.1) is 7.11 Å². The highest BCUT2D eigenvalue weighted by Crippen LogP contribution is 2.17. The number of nitrogens with one attached hydrogen (secondary N) is 1. The standard InChI is InChI=1S/C12H19N3O2S/c1-9(15-5-3-4-6-15)7-13-12-14-10(8-18-12)11(16)17-2/h8-9H,3-7H2,1-2H3,(H,13,14). The smallest absolute Gasteiger partial charge is 0.357 e. The van der Waals surface area contributed by atoms with Crippen LogP contribution in [0.3, 0.4) is 0 Å². The molecule has 2 rings (SSSR count). The minimum absolute atomic E-state index is 0.374. The van der Waals surface area contributed by atoms with Crippen LogP contribution >= 0.6 is 11.3 Å². The van der Waals surface area contributed by atoms with E-state index in [4.69, 9.17) is 0 Å². The molecule has 0 amide bonds. The minimum Gasteiger partial charge on any atom is -0.464 e. The van der Waals surface area contributed by atoms with Crippen LogP contribution < -0.4 is 5.32 Å².